The first-order chi connectivity index (χ1) is 13.7. The first-order valence-corrected chi connectivity index (χ1v) is 9.42. The van der Waals surface area contributed by atoms with Crippen LogP contribution in [-0.4, -0.2) is 19.8 Å². The number of amides is 2. The molecule has 1 unspecified atom stereocenters. The third kappa shape index (κ3) is 5.19. The molecule has 2 N–H and O–H groups in total. The van der Waals surface area contributed by atoms with Crippen molar-refractivity contribution in [3.05, 3.63) is 46.9 Å². The minimum absolute atomic E-state index is 0.0170. The van der Waals surface area contributed by atoms with E-state index in [1.807, 2.05) is 13.0 Å². The standard InChI is InChI=1S/C21H26F2N2O4/c1-12-7-14-15(9-21(2,3)10-18(14)28-12)25-20(26)24-11-13-5-6-16(29-19(22)23)17(8-13)27-4/h5-8,15,19H,9-11H2,1-4H3,(H2,24,25,26). The Morgan fingerprint density at radius 2 is 2.07 bits per heavy atom. The van der Waals surface area contributed by atoms with Crippen LogP contribution >= 0.6 is 0 Å². The Balaban J connectivity index is 1.63. The summed E-state index contributed by atoms with van der Waals surface area (Å²) in [5, 5.41) is 5.81. The van der Waals surface area contributed by atoms with Gasteiger partial charge in [-0.1, -0.05) is 19.9 Å². The molecule has 0 saturated carbocycles. The van der Waals surface area contributed by atoms with Gasteiger partial charge in [-0.15, -0.1) is 0 Å². The molecule has 1 aliphatic carbocycles. The number of alkyl halides is 2. The molecule has 1 aromatic carbocycles. The van der Waals surface area contributed by atoms with Crippen molar-refractivity contribution >= 4 is 6.03 Å². The zero-order valence-corrected chi connectivity index (χ0v) is 17.0. The van der Waals surface area contributed by atoms with Crippen LogP contribution in [0, 0.1) is 12.3 Å². The second-order valence-corrected chi connectivity index (χ2v) is 8.02. The maximum Gasteiger partial charge on any atom is 0.387 e. The molecule has 29 heavy (non-hydrogen) atoms. The largest absolute Gasteiger partial charge is 0.493 e. The van der Waals surface area contributed by atoms with Gasteiger partial charge in [0.05, 0.1) is 13.2 Å². The summed E-state index contributed by atoms with van der Waals surface area (Å²) in [5.74, 6) is 1.88. The number of methoxy groups -OCH3 is 1. The van der Waals surface area contributed by atoms with E-state index in [0.717, 1.165) is 29.9 Å². The predicted molar refractivity (Wildman–Crippen MR) is 103 cm³/mol. The molecule has 2 aromatic rings. The highest BCUT2D eigenvalue weighted by atomic mass is 19.3. The summed E-state index contributed by atoms with van der Waals surface area (Å²) < 4.78 is 40.1. The van der Waals surface area contributed by atoms with Crippen LogP contribution in [0.4, 0.5) is 13.6 Å². The molecule has 1 aromatic heterocycles. The zero-order valence-electron chi connectivity index (χ0n) is 17.0. The minimum atomic E-state index is -2.94. The minimum Gasteiger partial charge on any atom is -0.493 e. The van der Waals surface area contributed by atoms with Crippen LogP contribution in [0.1, 0.15) is 49.0 Å². The summed E-state index contributed by atoms with van der Waals surface area (Å²) in [4.78, 5) is 12.5. The van der Waals surface area contributed by atoms with Gasteiger partial charge in [-0.05, 0) is 42.5 Å². The second-order valence-electron chi connectivity index (χ2n) is 8.02. The molecule has 2 amide bonds. The van der Waals surface area contributed by atoms with Crippen molar-refractivity contribution < 1.29 is 27.5 Å². The van der Waals surface area contributed by atoms with Gasteiger partial charge < -0.3 is 24.5 Å². The monoisotopic (exact) mass is 408 g/mol. The van der Waals surface area contributed by atoms with Crippen molar-refractivity contribution in [2.24, 2.45) is 5.41 Å². The number of furan rings is 1. The van der Waals surface area contributed by atoms with E-state index in [1.54, 1.807) is 12.1 Å². The number of hydrogen-bond donors (Lipinski definition) is 2. The lowest BCUT2D eigenvalue weighted by molar-refractivity contribution is -0.0512. The fraction of sp³-hybridized carbons (Fsp3) is 0.476. The number of benzene rings is 1. The van der Waals surface area contributed by atoms with Crippen molar-refractivity contribution in [2.45, 2.75) is 52.8 Å². The molecule has 0 radical (unpaired) electrons. The smallest absolute Gasteiger partial charge is 0.387 e. The van der Waals surface area contributed by atoms with Gasteiger partial charge in [-0.25, -0.2) is 4.79 Å². The normalized spacial score (nSPS) is 17.6. The molecule has 1 aliphatic rings. The Bertz CT molecular complexity index is 880. The van der Waals surface area contributed by atoms with E-state index in [2.05, 4.69) is 29.2 Å². The Morgan fingerprint density at radius 3 is 2.76 bits per heavy atom. The number of ether oxygens (including phenoxy) is 2. The molecule has 1 heterocycles. The SMILES string of the molecule is COc1cc(CNC(=O)NC2CC(C)(C)Cc3oc(C)cc32)ccc1OC(F)F. The molecule has 3 rings (SSSR count). The van der Waals surface area contributed by atoms with Crippen LogP contribution in [0.2, 0.25) is 0 Å². The number of fused-ring (bicyclic) bond motifs is 1. The number of nitrogens with one attached hydrogen (secondary N) is 2. The van der Waals surface area contributed by atoms with E-state index in [1.165, 1.54) is 13.2 Å². The maximum atomic E-state index is 12.5. The first-order valence-electron chi connectivity index (χ1n) is 9.42. The fourth-order valence-electron chi connectivity index (χ4n) is 3.72. The number of urea groups is 1. The lowest BCUT2D eigenvalue weighted by Crippen LogP contribution is -2.41. The molecule has 0 aliphatic heterocycles. The average Bonchev–Trinajstić information content (AvgIpc) is 2.99. The molecule has 0 bridgehead atoms. The van der Waals surface area contributed by atoms with Crippen LogP contribution in [0.5, 0.6) is 11.5 Å². The van der Waals surface area contributed by atoms with Crippen molar-refractivity contribution in [1.29, 1.82) is 0 Å². The number of hydrogen-bond acceptors (Lipinski definition) is 4. The van der Waals surface area contributed by atoms with Crippen molar-refractivity contribution in [1.82, 2.24) is 10.6 Å². The lowest BCUT2D eigenvalue weighted by Gasteiger charge is -2.34. The second kappa shape index (κ2) is 8.31. The Hall–Kier alpha value is -2.77. The average molecular weight is 408 g/mol. The number of rotatable bonds is 6. The molecule has 8 heteroatoms. The molecule has 0 spiro atoms. The first kappa shape index (κ1) is 21.0. The Kier molecular flexibility index (Phi) is 6.00. The van der Waals surface area contributed by atoms with Crippen molar-refractivity contribution in [2.75, 3.05) is 7.11 Å². The Labute approximate surface area is 168 Å². The molecular weight excluding hydrogens is 382 g/mol. The Morgan fingerprint density at radius 1 is 1.31 bits per heavy atom. The molecule has 6 nitrogen and oxygen atoms in total. The van der Waals surface area contributed by atoms with E-state index in [-0.39, 0.29) is 35.5 Å². The fourth-order valence-corrected chi connectivity index (χ4v) is 3.72. The quantitative estimate of drug-likeness (QED) is 0.726. The van der Waals surface area contributed by atoms with Crippen LogP contribution in [0.25, 0.3) is 0 Å². The van der Waals surface area contributed by atoms with Gasteiger partial charge in [0, 0.05) is 18.5 Å². The summed E-state index contributed by atoms with van der Waals surface area (Å²) in [7, 11) is 1.37. The van der Waals surface area contributed by atoms with Crippen LogP contribution in [-0.2, 0) is 13.0 Å². The van der Waals surface area contributed by atoms with Gasteiger partial charge in [0.1, 0.15) is 11.5 Å². The highest BCUT2D eigenvalue weighted by molar-refractivity contribution is 5.74. The number of carbonyl (C=O) groups is 1. The summed E-state index contributed by atoms with van der Waals surface area (Å²) in [5.41, 5.74) is 1.73. The molecule has 0 saturated heterocycles. The third-order valence-electron chi connectivity index (χ3n) is 4.94. The van der Waals surface area contributed by atoms with E-state index in [0.29, 0.717) is 5.56 Å². The van der Waals surface area contributed by atoms with E-state index >= 15 is 0 Å². The van der Waals surface area contributed by atoms with Gasteiger partial charge in [0.25, 0.3) is 0 Å². The number of carbonyl (C=O) groups excluding carboxylic acids is 1. The molecule has 158 valence electrons. The van der Waals surface area contributed by atoms with Gasteiger partial charge in [0.15, 0.2) is 11.5 Å². The summed E-state index contributed by atoms with van der Waals surface area (Å²) >= 11 is 0. The van der Waals surface area contributed by atoms with Gasteiger partial charge in [-0.3, -0.25) is 0 Å². The highest BCUT2D eigenvalue weighted by Crippen LogP contribution is 2.42. The van der Waals surface area contributed by atoms with E-state index in [4.69, 9.17) is 9.15 Å². The predicted octanol–water partition coefficient (Wildman–Crippen LogP) is 4.71. The third-order valence-corrected chi connectivity index (χ3v) is 4.94. The van der Waals surface area contributed by atoms with Gasteiger partial charge >= 0.3 is 12.6 Å². The topological polar surface area (TPSA) is 72.7 Å². The summed E-state index contributed by atoms with van der Waals surface area (Å²) in [6.07, 6.45) is 1.64. The highest BCUT2D eigenvalue weighted by Gasteiger charge is 2.35. The van der Waals surface area contributed by atoms with Crippen LogP contribution < -0.4 is 20.1 Å². The van der Waals surface area contributed by atoms with Crippen molar-refractivity contribution in [3.8, 4) is 11.5 Å². The lowest BCUT2D eigenvalue weighted by atomic mass is 9.75. The summed E-state index contributed by atoms with van der Waals surface area (Å²) in [6.45, 7) is 3.47. The summed E-state index contributed by atoms with van der Waals surface area (Å²) in [6, 6.07) is 6.07. The number of aryl methyl sites for hydroxylation is 1. The van der Waals surface area contributed by atoms with Crippen LogP contribution in [0.15, 0.2) is 28.7 Å². The van der Waals surface area contributed by atoms with Gasteiger partial charge in [-0.2, -0.15) is 8.78 Å². The maximum absolute atomic E-state index is 12.5. The molecule has 1 atom stereocenters. The van der Waals surface area contributed by atoms with E-state index in [9.17, 15) is 13.6 Å². The molecule has 0 fully saturated rings. The number of halogens is 2. The van der Waals surface area contributed by atoms with Crippen molar-refractivity contribution in [3.63, 3.8) is 0 Å². The molecular formula is C21H26F2N2O4. The van der Waals surface area contributed by atoms with E-state index < -0.39 is 6.61 Å². The van der Waals surface area contributed by atoms with Gasteiger partial charge in [0.2, 0.25) is 0 Å². The van der Waals surface area contributed by atoms with Crippen LogP contribution in [0.3, 0.4) is 0 Å². The zero-order chi connectivity index (χ0) is 21.2.